The lowest BCUT2D eigenvalue weighted by Crippen LogP contribution is -1.97. The van der Waals surface area contributed by atoms with Crippen LogP contribution in [0.1, 0.15) is 0 Å². The summed E-state index contributed by atoms with van der Waals surface area (Å²) in [6, 6.07) is 4.75. The van der Waals surface area contributed by atoms with Crippen LogP contribution in [0.4, 0.5) is 4.39 Å². The van der Waals surface area contributed by atoms with E-state index in [-0.39, 0.29) is 16.3 Å². The first-order valence-corrected chi connectivity index (χ1v) is 7.32. The summed E-state index contributed by atoms with van der Waals surface area (Å²) in [5.74, 6) is -0.277. The van der Waals surface area contributed by atoms with Gasteiger partial charge in [-0.3, -0.25) is 4.98 Å². The number of ether oxygens (including phenoxy) is 2. The van der Waals surface area contributed by atoms with Crippen molar-refractivity contribution >= 4 is 34.0 Å². The van der Waals surface area contributed by atoms with Crippen molar-refractivity contribution in [3.8, 4) is 22.8 Å². The van der Waals surface area contributed by atoms with E-state index in [1.54, 1.807) is 24.5 Å². The van der Waals surface area contributed by atoms with Crippen molar-refractivity contribution in [3.05, 3.63) is 46.6 Å². The number of hydrogen-bond donors (Lipinski definition) is 0. The topological polar surface area (TPSA) is 44.2 Å². The molecule has 3 aromatic rings. The van der Waals surface area contributed by atoms with Gasteiger partial charge in [0.25, 0.3) is 0 Å². The number of aromatic nitrogens is 2. The first kappa shape index (κ1) is 15.8. The highest BCUT2D eigenvalue weighted by Crippen LogP contribution is 2.41. The Hall–Kier alpha value is -2.11. The van der Waals surface area contributed by atoms with Gasteiger partial charge in [0.05, 0.1) is 30.5 Å². The smallest absolute Gasteiger partial charge is 0.176 e. The van der Waals surface area contributed by atoms with Crippen molar-refractivity contribution in [1.29, 1.82) is 0 Å². The summed E-state index contributed by atoms with van der Waals surface area (Å²) in [5.41, 5.74) is 0.459. The Labute approximate surface area is 141 Å². The average molecular weight is 353 g/mol. The van der Waals surface area contributed by atoms with Crippen molar-refractivity contribution in [2.45, 2.75) is 0 Å². The molecule has 0 saturated heterocycles. The molecule has 7 heteroatoms. The van der Waals surface area contributed by atoms with Gasteiger partial charge in [0.2, 0.25) is 0 Å². The second kappa shape index (κ2) is 6.18. The van der Waals surface area contributed by atoms with Crippen LogP contribution in [-0.4, -0.2) is 24.2 Å². The molecule has 4 nitrogen and oxygen atoms in total. The molecule has 118 valence electrons. The number of hydrogen-bond acceptors (Lipinski definition) is 4. The molecule has 0 aliphatic carbocycles. The van der Waals surface area contributed by atoms with Crippen molar-refractivity contribution in [1.82, 2.24) is 9.97 Å². The quantitative estimate of drug-likeness (QED) is 0.637. The summed E-state index contributed by atoms with van der Waals surface area (Å²) >= 11 is 12.1. The highest BCUT2D eigenvalue weighted by molar-refractivity contribution is 6.35. The zero-order chi connectivity index (χ0) is 16.6. The molecule has 3 rings (SSSR count). The SMILES string of the molecule is COc1cc(OC)c(Cl)c(-c2cc3cnc(Cl)cc3cn2)c1F. The zero-order valence-corrected chi connectivity index (χ0v) is 13.7. The minimum atomic E-state index is -0.605. The molecule has 0 saturated carbocycles. The minimum absolute atomic E-state index is 0.0254. The van der Waals surface area contributed by atoms with Crippen LogP contribution in [0, 0.1) is 5.82 Å². The lowest BCUT2D eigenvalue weighted by molar-refractivity contribution is 0.375. The van der Waals surface area contributed by atoms with Gasteiger partial charge in [-0.15, -0.1) is 0 Å². The number of benzene rings is 1. The summed E-state index contributed by atoms with van der Waals surface area (Å²) in [4.78, 5) is 8.28. The number of methoxy groups -OCH3 is 2. The molecule has 0 bridgehead atoms. The van der Waals surface area contributed by atoms with Crippen LogP contribution < -0.4 is 9.47 Å². The Bertz CT molecular complexity index is 875. The van der Waals surface area contributed by atoms with Gasteiger partial charge in [-0.05, 0) is 12.1 Å². The largest absolute Gasteiger partial charge is 0.495 e. The van der Waals surface area contributed by atoms with E-state index in [9.17, 15) is 4.39 Å². The molecule has 0 amide bonds. The fourth-order valence-corrected chi connectivity index (χ4v) is 2.74. The van der Waals surface area contributed by atoms with E-state index in [1.165, 1.54) is 20.3 Å². The molecular formula is C16H11Cl2FN2O2. The van der Waals surface area contributed by atoms with E-state index >= 15 is 0 Å². The Morgan fingerprint density at radius 2 is 1.57 bits per heavy atom. The number of pyridine rings is 2. The van der Waals surface area contributed by atoms with Gasteiger partial charge in [0.1, 0.15) is 10.9 Å². The molecule has 0 unspecified atom stereocenters. The van der Waals surface area contributed by atoms with Crippen LogP contribution in [0.15, 0.2) is 30.6 Å². The van der Waals surface area contributed by atoms with Gasteiger partial charge in [0.15, 0.2) is 11.6 Å². The molecular weight excluding hydrogens is 342 g/mol. The molecule has 0 fully saturated rings. The average Bonchev–Trinajstić information content (AvgIpc) is 2.55. The van der Waals surface area contributed by atoms with E-state index in [0.717, 1.165) is 10.8 Å². The lowest BCUT2D eigenvalue weighted by Gasteiger charge is -2.13. The molecule has 0 radical (unpaired) electrons. The fraction of sp³-hybridized carbons (Fsp3) is 0.125. The Balaban J connectivity index is 2.27. The molecule has 2 aromatic heterocycles. The maximum absolute atomic E-state index is 14.7. The van der Waals surface area contributed by atoms with E-state index in [4.69, 9.17) is 32.7 Å². The number of fused-ring (bicyclic) bond motifs is 1. The van der Waals surface area contributed by atoms with Gasteiger partial charge in [-0.1, -0.05) is 23.2 Å². The van der Waals surface area contributed by atoms with Crippen molar-refractivity contribution in [2.75, 3.05) is 14.2 Å². The van der Waals surface area contributed by atoms with E-state index < -0.39 is 5.82 Å². The van der Waals surface area contributed by atoms with E-state index in [2.05, 4.69) is 9.97 Å². The summed E-state index contributed by atoms with van der Waals surface area (Å²) < 4.78 is 24.9. The lowest BCUT2D eigenvalue weighted by atomic mass is 10.1. The molecule has 0 spiro atoms. The second-order valence-corrected chi connectivity index (χ2v) is 5.47. The normalized spacial score (nSPS) is 10.8. The molecule has 23 heavy (non-hydrogen) atoms. The summed E-state index contributed by atoms with van der Waals surface area (Å²) in [7, 11) is 2.82. The molecule has 0 aliphatic heterocycles. The maximum Gasteiger partial charge on any atom is 0.176 e. The molecule has 1 aromatic carbocycles. The molecule has 2 heterocycles. The highest BCUT2D eigenvalue weighted by Gasteiger charge is 2.21. The van der Waals surface area contributed by atoms with Crippen LogP contribution >= 0.6 is 23.2 Å². The van der Waals surface area contributed by atoms with Crippen molar-refractivity contribution in [2.24, 2.45) is 0 Å². The van der Waals surface area contributed by atoms with Crippen LogP contribution in [0.2, 0.25) is 10.2 Å². The Kier molecular flexibility index (Phi) is 4.24. The first-order chi connectivity index (χ1) is 11.0. The van der Waals surface area contributed by atoms with Crippen LogP contribution in [0.3, 0.4) is 0 Å². The summed E-state index contributed by atoms with van der Waals surface area (Å²) in [6.07, 6.45) is 3.17. The highest BCUT2D eigenvalue weighted by atomic mass is 35.5. The van der Waals surface area contributed by atoms with Gasteiger partial charge >= 0.3 is 0 Å². The number of rotatable bonds is 3. The maximum atomic E-state index is 14.7. The second-order valence-electron chi connectivity index (χ2n) is 4.71. The summed E-state index contributed by atoms with van der Waals surface area (Å²) in [5, 5.41) is 2.04. The monoisotopic (exact) mass is 352 g/mol. The fourth-order valence-electron chi connectivity index (χ4n) is 2.26. The van der Waals surface area contributed by atoms with Crippen LogP contribution in [-0.2, 0) is 0 Å². The predicted octanol–water partition coefficient (Wildman–Crippen LogP) is 4.76. The van der Waals surface area contributed by atoms with Gasteiger partial charge in [-0.25, -0.2) is 9.37 Å². The first-order valence-electron chi connectivity index (χ1n) is 6.56. The molecule has 0 atom stereocenters. The summed E-state index contributed by atoms with van der Waals surface area (Å²) in [6.45, 7) is 0. The molecule has 0 N–H and O–H groups in total. The number of halogens is 3. The van der Waals surface area contributed by atoms with E-state index in [1.807, 2.05) is 0 Å². The van der Waals surface area contributed by atoms with Crippen LogP contribution in [0.5, 0.6) is 11.5 Å². The third-order valence-electron chi connectivity index (χ3n) is 3.40. The Morgan fingerprint density at radius 1 is 0.913 bits per heavy atom. The van der Waals surface area contributed by atoms with E-state index in [0.29, 0.717) is 16.6 Å². The van der Waals surface area contributed by atoms with Gasteiger partial charge < -0.3 is 9.47 Å². The van der Waals surface area contributed by atoms with Crippen molar-refractivity contribution < 1.29 is 13.9 Å². The predicted molar refractivity (Wildman–Crippen MR) is 88.1 cm³/mol. The standard InChI is InChI=1S/C16H11Cl2FN2O2/c1-22-11-5-12(23-2)16(19)14(15(11)18)10-3-8-7-21-13(17)4-9(8)6-20-10/h3-7H,1-2H3. The minimum Gasteiger partial charge on any atom is -0.495 e. The Morgan fingerprint density at radius 3 is 2.26 bits per heavy atom. The van der Waals surface area contributed by atoms with Gasteiger partial charge in [0, 0.05) is 29.2 Å². The third-order valence-corrected chi connectivity index (χ3v) is 3.98. The zero-order valence-electron chi connectivity index (χ0n) is 12.2. The van der Waals surface area contributed by atoms with Crippen LogP contribution in [0.25, 0.3) is 22.0 Å². The molecule has 0 aliphatic rings. The van der Waals surface area contributed by atoms with Crippen molar-refractivity contribution in [3.63, 3.8) is 0 Å². The number of nitrogens with zero attached hydrogens (tertiary/aromatic N) is 2. The van der Waals surface area contributed by atoms with Gasteiger partial charge in [-0.2, -0.15) is 0 Å². The third kappa shape index (κ3) is 2.78.